The molecule has 0 atom stereocenters. The van der Waals surface area contributed by atoms with Crippen molar-refractivity contribution in [3.8, 4) is 11.5 Å². The largest absolute Gasteiger partial charge is 0.485 e. The van der Waals surface area contributed by atoms with Crippen LogP contribution in [-0.4, -0.2) is 38.9 Å². The van der Waals surface area contributed by atoms with Crippen LogP contribution in [0.25, 0.3) is 0 Å². The molecule has 246 valence electrons. The maximum atomic E-state index is 13.5. The van der Waals surface area contributed by atoms with Crippen LogP contribution in [0.1, 0.15) is 116 Å². The zero-order chi connectivity index (χ0) is 33.8. The molecule has 0 aromatic heterocycles. The summed E-state index contributed by atoms with van der Waals surface area (Å²) in [6, 6.07) is 7.99. The minimum Gasteiger partial charge on any atom is -0.485 e. The number of ether oxygens (including phenoxy) is 4. The first-order valence-corrected chi connectivity index (χ1v) is 17.1. The van der Waals surface area contributed by atoms with Crippen molar-refractivity contribution in [2.75, 3.05) is 26.9 Å². The van der Waals surface area contributed by atoms with E-state index in [1.165, 1.54) is 14.2 Å². The molecule has 0 aliphatic carbocycles. The maximum absolute atomic E-state index is 13.5. The smallest absolute Gasteiger partial charge is 0.309 e. The second-order valence-electron chi connectivity index (χ2n) is 15.7. The summed E-state index contributed by atoms with van der Waals surface area (Å²) in [5.41, 5.74) is 4.36. The number of hydrogen-bond acceptors (Lipinski definition) is 7. The average Bonchev–Trinajstić information content (AvgIpc) is 2.88. The molecule has 7 nitrogen and oxygen atoms in total. The van der Waals surface area contributed by atoms with E-state index < -0.39 is 7.80 Å². The summed E-state index contributed by atoms with van der Waals surface area (Å²) >= 11 is 0. The maximum Gasteiger partial charge on any atom is 0.309 e. The summed E-state index contributed by atoms with van der Waals surface area (Å²) < 4.78 is 36.2. The van der Waals surface area contributed by atoms with Gasteiger partial charge >= 0.3 is 11.9 Å². The summed E-state index contributed by atoms with van der Waals surface area (Å²) in [6.07, 6.45) is 0.364. The Labute approximate surface area is 266 Å². The van der Waals surface area contributed by atoms with E-state index in [4.69, 9.17) is 18.9 Å². The highest BCUT2D eigenvalue weighted by molar-refractivity contribution is 7.44. The molecule has 0 aliphatic rings. The first kappa shape index (κ1) is 37.4. The van der Waals surface area contributed by atoms with Crippen LogP contribution in [0.3, 0.4) is 0 Å². The standard InChI is InChI=1S/C36H55O7P/c1-33(2,3)25-15-23(19-29(37)40-13)16-26(34(4,5)6)31(25)42-21-44(39)22-43-32-27(35(7,8)9)17-24(20-30(38)41-14)18-28(32)36(10,11)12/h15-18,44H,19-22H2,1-14H3. The lowest BCUT2D eigenvalue weighted by molar-refractivity contribution is -0.140. The number of methoxy groups -OCH3 is 2. The molecule has 0 unspecified atom stereocenters. The van der Waals surface area contributed by atoms with Gasteiger partial charge < -0.3 is 23.5 Å². The van der Waals surface area contributed by atoms with Gasteiger partial charge in [0, 0.05) is 22.3 Å². The van der Waals surface area contributed by atoms with Crippen molar-refractivity contribution in [2.45, 2.75) is 118 Å². The van der Waals surface area contributed by atoms with Crippen LogP contribution < -0.4 is 9.47 Å². The van der Waals surface area contributed by atoms with Crippen LogP contribution in [0.4, 0.5) is 0 Å². The quantitative estimate of drug-likeness (QED) is 0.193. The molecule has 0 bridgehead atoms. The van der Waals surface area contributed by atoms with Crippen molar-refractivity contribution in [1.29, 1.82) is 0 Å². The van der Waals surface area contributed by atoms with E-state index in [-0.39, 0.29) is 59.1 Å². The fourth-order valence-electron chi connectivity index (χ4n) is 4.95. The molecular weight excluding hydrogens is 575 g/mol. The van der Waals surface area contributed by atoms with E-state index in [9.17, 15) is 14.2 Å². The molecule has 0 radical (unpaired) electrons. The molecule has 0 N–H and O–H groups in total. The lowest BCUT2D eigenvalue weighted by atomic mass is 9.78. The van der Waals surface area contributed by atoms with Gasteiger partial charge in [-0.25, -0.2) is 0 Å². The molecule has 8 heteroatoms. The number of benzene rings is 2. The predicted octanol–water partition coefficient (Wildman–Crippen LogP) is 8.24. The molecule has 2 aromatic rings. The number of hydrogen-bond donors (Lipinski definition) is 0. The third-order valence-corrected chi connectivity index (χ3v) is 8.37. The predicted molar refractivity (Wildman–Crippen MR) is 179 cm³/mol. The fraction of sp³-hybridized carbons (Fsp3) is 0.611. The van der Waals surface area contributed by atoms with E-state index in [0.717, 1.165) is 33.4 Å². The van der Waals surface area contributed by atoms with Crippen molar-refractivity contribution >= 4 is 19.7 Å². The summed E-state index contributed by atoms with van der Waals surface area (Å²) in [7, 11) is 0.441. The third-order valence-electron chi connectivity index (χ3n) is 7.44. The molecule has 0 saturated heterocycles. The van der Waals surface area contributed by atoms with E-state index in [2.05, 4.69) is 83.1 Å². The summed E-state index contributed by atoms with van der Waals surface area (Å²) in [4.78, 5) is 24.2. The first-order valence-electron chi connectivity index (χ1n) is 15.3. The van der Waals surface area contributed by atoms with E-state index in [1.807, 2.05) is 24.3 Å². The Kier molecular flexibility index (Phi) is 12.0. The van der Waals surface area contributed by atoms with Gasteiger partial charge in [0.1, 0.15) is 32.0 Å². The molecule has 0 spiro atoms. The molecule has 44 heavy (non-hydrogen) atoms. The molecule has 0 amide bonds. The Morgan fingerprint density at radius 2 is 0.795 bits per heavy atom. The van der Waals surface area contributed by atoms with Gasteiger partial charge in [-0.05, 0) is 32.8 Å². The van der Waals surface area contributed by atoms with Crippen molar-refractivity contribution in [2.24, 2.45) is 0 Å². The minimum atomic E-state index is -2.34. The van der Waals surface area contributed by atoms with Crippen LogP contribution >= 0.6 is 7.80 Å². The van der Waals surface area contributed by atoms with Crippen molar-refractivity contribution in [3.05, 3.63) is 57.6 Å². The highest BCUT2D eigenvalue weighted by Gasteiger charge is 2.31. The molecule has 2 aromatic carbocycles. The summed E-state index contributed by atoms with van der Waals surface area (Å²) in [5, 5.41) is 0. The highest BCUT2D eigenvalue weighted by atomic mass is 31.1. The molecular formula is C36H55O7P. The van der Waals surface area contributed by atoms with Crippen molar-refractivity contribution in [1.82, 2.24) is 0 Å². The topological polar surface area (TPSA) is 88.1 Å². The molecule has 0 saturated carbocycles. The average molecular weight is 631 g/mol. The normalized spacial score (nSPS) is 12.7. The zero-order valence-electron chi connectivity index (χ0n) is 29.5. The van der Waals surface area contributed by atoms with Gasteiger partial charge in [-0.1, -0.05) is 107 Å². The van der Waals surface area contributed by atoms with Crippen LogP contribution in [0.5, 0.6) is 11.5 Å². The van der Waals surface area contributed by atoms with Crippen molar-refractivity contribution < 1.29 is 33.1 Å². The molecule has 0 fully saturated rings. The number of esters is 2. The molecule has 0 aliphatic heterocycles. The lowest BCUT2D eigenvalue weighted by Crippen LogP contribution is -2.22. The van der Waals surface area contributed by atoms with E-state index >= 15 is 0 Å². The highest BCUT2D eigenvalue weighted by Crippen LogP contribution is 2.44. The fourth-order valence-corrected chi connectivity index (χ4v) is 5.64. The van der Waals surface area contributed by atoms with Gasteiger partial charge in [-0.15, -0.1) is 0 Å². The van der Waals surface area contributed by atoms with Crippen LogP contribution in [0.15, 0.2) is 24.3 Å². The Hall–Kier alpha value is -2.79. The monoisotopic (exact) mass is 630 g/mol. The summed E-state index contributed by atoms with van der Waals surface area (Å²) in [5.74, 6) is 0.802. The van der Waals surface area contributed by atoms with Crippen molar-refractivity contribution in [3.63, 3.8) is 0 Å². The minimum absolute atomic E-state index is 0.0172. The van der Waals surface area contributed by atoms with Crippen LogP contribution in [-0.2, 0) is 58.1 Å². The van der Waals surface area contributed by atoms with E-state index in [1.54, 1.807) is 0 Å². The van der Waals surface area contributed by atoms with Gasteiger partial charge in [0.15, 0.2) is 0 Å². The third kappa shape index (κ3) is 10.1. The van der Waals surface area contributed by atoms with Gasteiger partial charge in [0.05, 0.1) is 27.1 Å². The molecule has 2 rings (SSSR count). The lowest BCUT2D eigenvalue weighted by Gasteiger charge is -2.31. The number of carbonyl (C=O) groups excluding carboxylic acids is 2. The van der Waals surface area contributed by atoms with Gasteiger partial charge in [-0.3, -0.25) is 9.59 Å². The van der Waals surface area contributed by atoms with Gasteiger partial charge in [0.25, 0.3) is 0 Å². The number of rotatable bonds is 10. The molecule has 0 heterocycles. The Balaban J connectivity index is 2.47. The van der Waals surface area contributed by atoms with E-state index in [0.29, 0.717) is 11.5 Å². The second-order valence-corrected chi connectivity index (χ2v) is 17.3. The van der Waals surface area contributed by atoms with Gasteiger partial charge in [0.2, 0.25) is 0 Å². The summed E-state index contributed by atoms with van der Waals surface area (Å²) in [6.45, 7) is 25.2. The second kappa shape index (κ2) is 14.1. The Morgan fingerprint density at radius 1 is 0.545 bits per heavy atom. The number of carbonyl (C=O) groups is 2. The van der Waals surface area contributed by atoms with Crippen LogP contribution in [0.2, 0.25) is 0 Å². The Bertz CT molecular complexity index is 1190. The SMILES string of the molecule is COC(=O)Cc1cc(C(C)(C)C)c(OC[PH](=O)COc2c(C(C)(C)C)cc(CC(=O)OC)cc2C(C)(C)C)c(C(C)(C)C)c1. The zero-order valence-corrected chi connectivity index (χ0v) is 30.5. The Morgan fingerprint density at radius 3 is 1.00 bits per heavy atom. The van der Waals surface area contributed by atoms with Gasteiger partial charge in [-0.2, -0.15) is 0 Å². The first-order chi connectivity index (χ1) is 20.0. The van der Waals surface area contributed by atoms with Crippen LogP contribution in [0, 0.1) is 0 Å².